The van der Waals surface area contributed by atoms with E-state index < -0.39 is 0 Å². The highest BCUT2D eigenvalue weighted by Crippen LogP contribution is 2.18. The summed E-state index contributed by atoms with van der Waals surface area (Å²) in [5.41, 5.74) is 1.66. The molecule has 5 nitrogen and oxygen atoms in total. The molecule has 0 atom stereocenters. The molecule has 19 heavy (non-hydrogen) atoms. The number of carbonyl (C=O) groups excluding carboxylic acids is 1. The fourth-order valence-electron chi connectivity index (χ4n) is 1.74. The summed E-state index contributed by atoms with van der Waals surface area (Å²) in [6.07, 6.45) is 4.93. The second-order valence-electron chi connectivity index (χ2n) is 3.95. The Morgan fingerprint density at radius 2 is 2.05 bits per heavy atom. The normalized spacial score (nSPS) is 10.3. The zero-order valence-electron chi connectivity index (χ0n) is 9.96. The van der Waals surface area contributed by atoms with Gasteiger partial charge in [-0.15, -0.1) is 0 Å². The van der Waals surface area contributed by atoms with Crippen LogP contribution < -0.4 is 5.32 Å². The number of nitrogens with zero attached hydrogens (tertiary/aromatic N) is 1. The molecule has 0 aliphatic carbocycles. The lowest BCUT2D eigenvalue weighted by Gasteiger charge is -2.04. The summed E-state index contributed by atoms with van der Waals surface area (Å²) < 4.78 is 5.02. The Hall–Kier alpha value is -2.82. The van der Waals surface area contributed by atoms with Crippen LogP contribution in [0.4, 0.5) is 5.69 Å². The number of aromatic nitrogens is 2. The highest BCUT2D eigenvalue weighted by Gasteiger charge is 2.08. The van der Waals surface area contributed by atoms with Gasteiger partial charge in [0.1, 0.15) is 5.82 Å². The number of hydrogen-bond donors (Lipinski definition) is 2. The van der Waals surface area contributed by atoms with E-state index >= 15 is 0 Å². The molecule has 0 bridgehead atoms. The van der Waals surface area contributed by atoms with E-state index in [0.717, 1.165) is 11.4 Å². The maximum absolute atomic E-state index is 11.8. The summed E-state index contributed by atoms with van der Waals surface area (Å²) in [5.74, 6) is 0.815. The van der Waals surface area contributed by atoms with Crippen molar-refractivity contribution < 1.29 is 9.21 Å². The molecule has 0 saturated heterocycles. The number of imidazole rings is 1. The number of nitrogens with one attached hydrogen (secondary N) is 2. The Bertz CT molecular complexity index is 655. The van der Waals surface area contributed by atoms with Crippen LogP contribution in [0, 0.1) is 0 Å². The van der Waals surface area contributed by atoms with Gasteiger partial charge in [0.15, 0.2) is 5.76 Å². The van der Waals surface area contributed by atoms with Crippen molar-refractivity contribution in [3.63, 3.8) is 0 Å². The average molecular weight is 253 g/mol. The van der Waals surface area contributed by atoms with Gasteiger partial charge < -0.3 is 14.7 Å². The topological polar surface area (TPSA) is 70.9 Å². The van der Waals surface area contributed by atoms with Crippen molar-refractivity contribution in [1.82, 2.24) is 9.97 Å². The molecule has 3 rings (SSSR count). The number of H-pyrrole nitrogens is 1. The van der Waals surface area contributed by atoms with Crippen molar-refractivity contribution >= 4 is 11.6 Å². The van der Waals surface area contributed by atoms with Gasteiger partial charge in [0.25, 0.3) is 5.91 Å². The lowest BCUT2D eigenvalue weighted by Crippen LogP contribution is -2.10. The van der Waals surface area contributed by atoms with Gasteiger partial charge >= 0.3 is 0 Å². The van der Waals surface area contributed by atoms with E-state index in [1.165, 1.54) is 6.26 Å². The number of anilines is 1. The van der Waals surface area contributed by atoms with Gasteiger partial charge in [-0.05, 0) is 36.4 Å². The number of amides is 1. The summed E-state index contributed by atoms with van der Waals surface area (Å²) in [6, 6.07) is 10.7. The Morgan fingerprint density at radius 1 is 1.21 bits per heavy atom. The minimum absolute atomic E-state index is 0.268. The van der Waals surface area contributed by atoms with Crippen LogP contribution in [0.1, 0.15) is 10.6 Å². The third-order valence-corrected chi connectivity index (χ3v) is 2.66. The van der Waals surface area contributed by atoms with Crippen molar-refractivity contribution in [2.75, 3.05) is 5.32 Å². The number of carbonyl (C=O) groups is 1. The molecule has 5 heteroatoms. The maximum Gasteiger partial charge on any atom is 0.291 e. The van der Waals surface area contributed by atoms with Crippen LogP contribution >= 0.6 is 0 Å². The van der Waals surface area contributed by atoms with E-state index in [1.54, 1.807) is 24.5 Å². The van der Waals surface area contributed by atoms with E-state index in [-0.39, 0.29) is 11.7 Å². The number of benzene rings is 1. The molecule has 0 aliphatic heterocycles. The van der Waals surface area contributed by atoms with Crippen LogP contribution in [0.2, 0.25) is 0 Å². The number of aromatic amines is 1. The Balaban J connectivity index is 1.75. The Morgan fingerprint density at radius 3 is 2.68 bits per heavy atom. The Labute approximate surface area is 109 Å². The summed E-state index contributed by atoms with van der Waals surface area (Å²) >= 11 is 0. The van der Waals surface area contributed by atoms with Crippen molar-refractivity contribution in [3.05, 3.63) is 60.8 Å². The molecule has 94 valence electrons. The predicted molar refractivity (Wildman–Crippen MR) is 70.7 cm³/mol. The lowest BCUT2D eigenvalue weighted by atomic mass is 10.2. The number of hydrogen-bond acceptors (Lipinski definition) is 3. The lowest BCUT2D eigenvalue weighted by molar-refractivity contribution is 0.0996. The highest BCUT2D eigenvalue weighted by molar-refractivity contribution is 6.02. The van der Waals surface area contributed by atoms with Crippen molar-refractivity contribution in [2.24, 2.45) is 0 Å². The first-order chi connectivity index (χ1) is 9.33. The van der Waals surface area contributed by atoms with E-state index in [9.17, 15) is 4.79 Å². The quantitative estimate of drug-likeness (QED) is 0.753. The van der Waals surface area contributed by atoms with Gasteiger partial charge in [0.05, 0.1) is 6.26 Å². The van der Waals surface area contributed by atoms with Gasteiger partial charge in [-0.3, -0.25) is 4.79 Å². The van der Waals surface area contributed by atoms with Crippen LogP contribution in [0.5, 0.6) is 0 Å². The standard InChI is InChI=1S/C14H11N3O2/c18-14(12-2-1-9-19-12)17-11-5-3-10(4-6-11)13-15-7-8-16-13/h1-9H,(H,15,16)(H,17,18). The summed E-state index contributed by atoms with van der Waals surface area (Å²) in [7, 11) is 0. The smallest absolute Gasteiger partial charge is 0.291 e. The number of rotatable bonds is 3. The highest BCUT2D eigenvalue weighted by atomic mass is 16.3. The molecule has 2 heterocycles. The zero-order valence-corrected chi connectivity index (χ0v) is 9.96. The van der Waals surface area contributed by atoms with Gasteiger partial charge in [-0.2, -0.15) is 0 Å². The monoisotopic (exact) mass is 253 g/mol. The second-order valence-corrected chi connectivity index (χ2v) is 3.95. The van der Waals surface area contributed by atoms with Gasteiger partial charge in [0.2, 0.25) is 0 Å². The van der Waals surface area contributed by atoms with Crippen molar-refractivity contribution in [3.8, 4) is 11.4 Å². The second kappa shape index (κ2) is 4.81. The Kier molecular flexibility index (Phi) is 2.86. The molecular weight excluding hydrogens is 242 g/mol. The van der Waals surface area contributed by atoms with Crippen LogP contribution in [0.15, 0.2) is 59.5 Å². The molecule has 1 aromatic carbocycles. The van der Waals surface area contributed by atoms with Crippen molar-refractivity contribution in [2.45, 2.75) is 0 Å². The molecule has 3 aromatic rings. The molecule has 0 saturated carbocycles. The first kappa shape index (κ1) is 11.3. The van der Waals surface area contributed by atoms with Crippen LogP contribution in [0.3, 0.4) is 0 Å². The molecule has 2 N–H and O–H groups in total. The van der Waals surface area contributed by atoms with E-state index in [1.807, 2.05) is 24.3 Å². The van der Waals surface area contributed by atoms with Crippen LogP contribution in [-0.4, -0.2) is 15.9 Å². The van der Waals surface area contributed by atoms with E-state index in [2.05, 4.69) is 15.3 Å². The summed E-state index contributed by atoms with van der Waals surface area (Å²) in [4.78, 5) is 18.9. The van der Waals surface area contributed by atoms with Crippen molar-refractivity contribution in [1.29, 1.82) is 0 Å². The first-order valence-electron chi connectivity index (χ1n) is 5.77. The largest absolute Gasteiger partial charge is 0.459 e. The van der Waals surface area contributed by atoms with Crippen LogP contribution in [0.25, 0.3) is 11.4 Å². The molecular formula is C14H11N3O2. The molecule has 0 aliphatic rings. The van der Waals surface area contributed by atoms with Crippen LogP contribution in [-0.2, 0) is 0 Å². The molecule has 0 unspecified atom stereocenters. The average Bonchev–Trinajstić information content (AvgIpc) is 3.13. The maximum atomic E-state index is 11.8. The third kappa shape index (κ3) is 2.40. The SMILES string of the molecule is O=C(Nc1ccc(-c2ncc[nH]2)cc1)c1ccco1. The zero-order chi connectivity index (χ0) is 13.1. The fourth-order valence-corrected chi connectivity index (χ4v) is 1.74. The minimum Gasteiger partial charge on any atom is -0.459 e. The number of furan rings is 1. The van der Waals surface area contributed by atoms with Gasteiger partial charge in [-0.1, -0.05) is 0 Å². The molecule has 0 spiro atoms. The molecule has 0 fully saturated rings. The minimum atomic E-state index is -0.268. The fraction of sp³-hybridized carbons (Fsp3) is 0. The van der Waals surface area contributed by atoms with Gasteiger partial charge in [-0.25, -0.2) is 4.98 Å². The van der Waals surface area contributed by atoms with E-state index in [0.29, 0.717) is 5.69 Å². The summed E-state index contributed by atoms with van der Waals surface area (Å²) in [5, 5.41) is 2.75. The van der Waals surface area contributed by atoms with Gasteiger partial charge in [0, 0.05) is 23.6 Å². The summed E-state index contributed by atoms with van der Waals surface area (Å²) in [6.45, 7) is 0. The third-order valence-electron chi connectivity index (χ3n) is 2.66. The molecule has 1 amide bonds. The van der Waals surface area contributed by atoms with E-state index in [4.69, 9.17) is 4.42 Å². The molecule has 2 aromatic heterocycles. The molecule has 0 radical (unpaired) electrons. The first-order valence-corrected chi connectivity index (χ1v) is 5.77. The predicted octanol–water partition coefficient (Wildman–Crippen LogP) is 2.92.